The number of imidazole rings is 1. The van der Waals surface area contributed by atoms with Crippen LogP contribution in [0.1, 0.15) is 104 Å². The summed E-state index contributed by atoms with van der Waals surface area (Å²) in [6.07, 6.45) is 5.87. The molecule has 2 aromatic heterocycles. The first kappa shape index (κ1) is 55.6. The Morgan fingerprint density at radius 1 is 0.922 bits per heavy atom. The highest BCUT2D eigenvalue weighted by atomic mass is 32.2. The molecule has 1 saturated heterocycles. The Bertz CT molecular complexity index is 1980. The Kier molecular flexibility index (Phi) is 23.0. The van der Waals surface area contributed by atoms with Crippen LogP contribution in [0.5, 0.6) is 0 Å². The number of amides is 2. The number of carbonyl (C=O) groups is 4. The number of carbonyl (C=O) groups excluding carboxylic acids is 4. The number of rotatable bonds is 32. The second-order valence-corrected chi connectivity index (χ2v) is 20.9. The van der Waals surface area contributed by atoms with Gasteiger partial charge in [-0.05, 0) is 12.8 Å². The quantitative estimate of drug-likeness (QED) is 0.0289. The molecule has 0 aliphatic carbocycles. The lowest BCUT2D eigenvalue weighted by atomic mass is 9.87. The molecule has 2 amide bonds. The number of thioether (sulfide) groups is 1. The monoisotopic (exact) mass is 991 g/mol. The molecule has 3 rings (SSSR count). The highest BCUT2D eigenvalue weighted by Gasteiger charge is 2.50. The second-order valence-electron chi connectivity index (χ2n) is 15.5. The summed E-state index contributed by atoms with van der Waals surface area (Å²) in [5, 5.41) is 26.6. The van der Waals surface area contributed by atoms with Crippen molar-refractivity contribution in [3.05, 3.63) is 12.7 Å². The van der Waals surface area contributed by atoms with Gasteiger partial charge in [-0.3, -0.25) is 32.5 Å². The first-order chi connectivity index (χ1) is 30.1. The third-order valence-corrected chi connectivity index (χ3v) is 13.8. The highest BCUT2D eigenvalue weighted by molar-refractivity contribution is 8.13. The van der Waals surface area contributed by atoms with Crippen LogP contribution in [0.2, 0.25) is 0 Å². The van der Waals surface area contributed by atoms with E-state index in [4.69, 9.17) is 19.5 Å². The van der Waals surface area contributed by atoms with E-state index in [0.717, 1.165) is 80.2 Å². The molecule has 1 fully saturated rings. The average Bonchev–Trinajstić information content (AvgIpc) is 3.78. The molecule has 25 nitrogen and oxygen atoms in total. The maximum absolute atomic E-state index is 12.7. The summed E-state index contributed by atoms with van der Waals surface area (Å²) in [5.41, 5.74) is 4.27. The molecule has 2 aromatic rings. The number of anilines is 1. The first-order valence-corrected chi connectivity index (χ1v) is 26.0. The van der Waals surface area contributed by atoms with E-state index < -0.39 is 84.6 Å². The molecule has 0 saturated carbocycles. The summed E-state index contributed by atoms with van der Waals surface area (Å²) in [6, 6.07) is 0. The maximum atomic E-state index is 12.7. The normalized spacial score (nSPS) is 20.4. The molecule has 2 unspecified atom stereocenters. The smallest absolute Gasteiger partial charge is 0.386 e. The molecule has 7 atom stereocenters. The molecular formula is C35H60N7O18P3S. The minimum atomic E-state index is -5.58. The summed E-state index contributed by atoms with van der Waals surface area (Å²) in [7, 11) is -16.4. The van der Waals surface area contributed by atoms with E-state index in [2.05, 4.69) is 34.4 Å². The van der Waals surface area contributed by atoms with Gasteiger partial charge in [0, 0.05) is 43.5 Å². The number of aromatic nitrogens is 4. The largest absolute Gasteiger partial charge is 0.481 e. The Morgan fingerprint density at radius 3 is 2.19 bits per heavy atom. The van der Waals surface area contributed by atoms with E-state index >= 15 is 0 Å². The van der Waals surface area contributed by atoms with Crippen LogP contribution in [0.25, 0.3) is 11.2 Å². The predicted octanol–water partition coefficient (Wildman–Crippen LogP) is 2.54. The number of phosphoric acid groups is 3. The van der Waals surface area contributed by atoms with Crippen LogP contribution < -0.4 is 16.4 Å². The number of nitrogens with zero attached hydrogens (tertiary/aromatic N) is 4. The van der Waals surface area contributed by atoms with Gasteiger partial charge < -0.3 is 55.7 Å². The second kappa shape index (κ2) is 26.5. The van der Waals surface area contributed by atoms with Crippen LogP contribution in [0.4, 0.5) is 5.82 Å². The average molecular weight is 992 g/mol. The van der Waals surface area contributed by atoms with Gasteiger partial charge in [0.15, 0.2) is 22.8 Å². The zero-order valence-electron chi connectivity index (χ0n) is 35.5. The lowest BCUT2D eigenvalue weighted by Gasteiger charge is -2.30. The van der Waals surface area contributed by atoms with Crippen molar-refractivity contribution < 1.29 is 85.3 Å². The maximum Gasteiger partial charge on any atom is 0.481 e. The van der Waals surface area contributed by atoms with Gasteiger partial charge >= 0.3 is 23.5 Å². The van der Waals surface area contributed by atoms with E-state index in [1.807, 2.05) is 0 Å². The molecule has 364 valence electrons. The van der Waals surface area contributed by atoms with Gasteiger partial charge in [-0.25, -0.2) is 28.6 Å². The van der Waals surface area contributed by atoms with Crippen molar-refractivity contribution in [2.45, 2.75) is 128 Å². The van der Waals surface area contributed by atoms with Crippen molar-refractivity contribution in [2.24, 2.45) is 5.41 Å². The topological polar surface area (TPSA) is 381 Å². The predicted molar refractivity (Wildman–Crippen MR) is 229 cm³/mol. The third kappa shape index (κ3) is 19.6. The van der Waals surface area contributed by atoms with Crippen molar-refractivity contribution in [2.75, 3.05) is 37.8 Å². The number of nitrogens with two attached hydrogens (primary N) is 1. The van der Waals surface area contributed by atoms with Crippen LogP contribution in [0, 0.1) is 5.41 Å². The van der Waals surface area contributed by atoms with Crippen molar-refractivity contribution in [1.29, 1.82) is 0 Å². The zero-order chi connectivity index (χ0) is 47.6. The number of aldehydes is 1. The molecule has 64 heavy (non-hydrogen) atoms. The van der Waals surface area contributed by atoms with E-state index in [1.165, 1.54) is 33.1 Å². The molecule has 0 bridgehead atoms. The van der Waals surface area contributed by atoms with Crippen LogP contribution in [0.15, 0.2) is 12.7 Å². The van der Waals surface area contributed by atoms with Gasteiger partial charge in [0.05, 0.1) is 19.5 Å². The Morgan fingerprint density at radius 2 is 1.55 bits per heavy atom. The van der Waals surface area contributed by atoms with Gasteiger partial charge in [0.2, 0.25) is 11.8 Å². The molecule has 29 heteroatoms. The number of aliphatic hydroxyl groups is 2. The lowest BCUT2D eigenvalue weighted by Crippen LogP contribution is -2.46. The van der Waals surface area contributed by atoms with Gasteiger partial charge in [0.1, 0.15) is 42.5 Å². The Hall–Kier alpha value is -2.77. The zero-order valence-corrected chi connectivity index (χ0v) is 39.0. The van der Waals surface area contributed by atoms with Gasteiger partial charge in [0.25, 0.3) is 0 Å². The fourth-order valence-electron chi connectivity index (χ4n) is 6.28. The Labute approximate surface area is 373 Å². The highest BCUT2D eigenvalue weighted by Crippen LogP contribution is 2.61. The molecule has 0 aromatic carbocycles. The number of aliphatic hydroxyl groups excluding tert-OH is 2. The molecular weight excluding hydrogens is 931 g/mol. The third-order valence-electron chi connectivity index (χ3n) is 9.72. The summed E-state index contributed by atoms with van der Waals surface area (Å²) in [5.74, 6) is -1.07. The number of hydrogen-bond donors (Lipinski definition) is 9. The molecule has 0 radical (unpaired) electrons. The molecule has 1 aliphatic rings. The number of fused-ring (bicyclic) bond motifs is 1. The summed E-state index contributed by atoms with van der Waals surface area (Å²) >= 11 is 1.13. The molecule has 10 N–H and O–H groups in total. The number of nitrogens with one attached hydrogen (secondary N) is 2. The van der Waals surface area contributed by atoms with Gasteiger partial charge in [-0.15, -0.1) is 0 Å². The van der Waals surface area contributed by atoms with Crippen LogP contribution in [-0.2, 0) is 55.5 Å². The van der Waals surface area contributed by atoms with Gasteiger partial charge in [-0.2, -0.15) is 4.31 Å². The standard InChI is InChI=1S/C35H60N7O18P3S/c1-35(2,30(47)33(48)38-16-15-25(44)37-17-19-64-26(45)14-12-10-8-6-4-3-5-7-9-11-13-18-43)21-57-63(54,55)60-62(52,53)56-20-24-29(59-61(49,50)51)28(46)34(58-24)42-23-41-27-31(36)39-22-40-32(27)42/h18,22-24,28-30,34,46-47H,3-17,19-21H2,1-2H3,(H,37,44)(H,38,48)(H,52,53)(H,54,55)(H2,36,39,40)(H2,49,50,51)/t24-,28-,29-,30+,34-/m1/s1. The number of phosphoric ester groups is 3. The van der Waals surface area contributed by atoms with E-state index in [9.17, 15) is 62.7 Å². The van der Waals surface area contributed by atoms with Crippen molar-refractivity contribution >= 4 is 75.4 Å². The van der Waals surface area contributed by atoms with E-state index in [1.54, 1.807) is 0 Å². The molecule has 3 heterocycles. The van der Waals surface area contributed by atoms with Gasteiger partial charge in [-0.1, -0.05) is 77.0 Å². The van der Waals surface area contributed by atoms with Crippen LogP contribution in [-0.4, -0.2) is 129 Å². The lowest BCUT2D eigenvalue weighted by molar-refractivity contribution is -0.137. The number of hydrogen-bond acceptors (Lipinski definition) is 19. The Balaban J connectivity index is 1.34. The van der Waals surface area contributed by atoms with Crippen molar-refractivity contribution in [1.82, 2.24) is 30.2 Å². The summed E-state index contributed by atoms with van der Waals surface area (Å²) in [4.78, 5) is 98.5. The number of ether oxygens (including phenoxy) is 1. The minimum Gasteiger partial charge on any atom is -0.386 e. The van der Waals surface area contributed by atoms with E-state index in [0.29, 0.717) is 18.6 Å². The summed E-state index contributed by atoms with van der Waals surface area (Å²) in [6.45, 7) is 0.524. The fraction of sp³-hybridized carbons (Fsp3) is 0.743. The SMILES string of the molecule is CC(C)(COP(=O)(O)OP(=O)(O)OC[C@H]1O[C@@H](n2cnc3c(N)ncnc32)[C@H](O)[C@@H]1OP(=O)(O)O)[C@@H](O)C(=O)NCCC(=O)NCCSC(=O)CCCCCCCCCCCCC=O. The number of unbranched alkanes of at least 4 members (excludes halogenated alkanes) is 10. The van der Waals surface area contributed by atoms with E-state index in [-0.39, 0.29) is 41.6 Å². The fourth-order valence-corrected chi connectivity index (χ4v) is 9.83. The van der Waals surface area contributed by atoms with Crippen molar-refractivity contribution in [3.8, 4) is 0 Å². The van der Waals surface area contributed by atoms with Crippen molar-refractivity contribution in [3.63, 3.8) is 0 Å². The molecule has 1 aliphatic heterocycles. The van der Waals surface area contributed by atoms with Crippen LogP contribution >= 0.6 is 35.2 Å². The summed E-state index contributed by atoms with van der Waals surface area (Å²) < 4.78 is 62.3. The van der Waals surface area contributed by atoms with Crippen LogP contribution in [0.3, 0.4) is 0 Å². The first-order valence-electron chi connectivity index (χ1n) is 20.5. The molecule has 0 spiro atoms. The number of nitrogen functional groups attached to an aromatic ring is 1. The minimum absolute atomic E-state index is 0.0298.